The number of amides is 1. The van der Waals surface area contributed by atoms with Crippen LogP contribution in [0.3, 0.4) is 0 Å². The number of anilines is 4. The Bertz CT molecular complexity index is 1720. The van der Waals surface area contributed by atoms with Crippen molar-refractivity contribution in [2.24, 2.45) is 0 Å². The number of nitrogens with one attached hydrogen (secondary N) is 2. The van der Waals surface area contributed by atoms with Crippen molar-refractivity contribution >= 4 is 45.5 Å². The van der Waals surface area contributed by atoms with E-state index in [1.54, 1.807) is 49.6 Å². The van der Waals surface area contributed by atoms with Crippen LogP contribution in [0.2, 0.25) is 0 Å². The van der Waals surface area contributed by atoms with E-state index in [1.165, 1.54) is 23.2 Å². The number of hydrogen-bond donors (Lipinski definition) is 4. The number of aryl methyl sites for hydroxylation is 2. The molecule has 216 valence electrons. The molecule has 0 unspecified atom stereocenters. The average molecular weight is 596 g/mol. The number of aromatic nitrogens is 4. The van der Waals surface area contributed by atoms with Gasteiger partial charge in [0.15, 0.2) is 5.13 Å². The lowest BCUT2D eigenvalue weighted by Crippen LogP contribution is -2.15. The van der Waals surface area contributed by atoms with Gasteiger partial charge in [-0.1, -0.05) is 23.5 Å². The van der Waals surface area contributed by atoms with Gasteiger partial charge in [-0.15, -0.1) is 0 Å². The molecule has 5 rings (SSSR count). The highest BCUT2D eigenvalue weighted by atomic mass is 32.1. The van der Waals surface area contributed by atoms with E-state index in [9.17, 15) is 22.8 Å². The molecular formula is C28H24F3N7O3S. The maximum Gasteiger partial charge on any atom is 0.416 e. The molecule has 0 spiro atoms. The van der Waals surface area contributed by atoms with E-state index in [0.29, 0.717) is 28.0 Å². The first-order valence-electron chi connectivity index (χ1n) is 12.2. The van der Waals surface area contributed by atoms with Gasteiger partial charge in [-0.3, -0.25) is 4.79 Å². The number of nitrogens with zero attached hydrogens (tertiary/aromatic N) is 4. The lowest BCUT2D eigenvalue weighted by atomic mass is 10.1. The van der Waals surface area contributed by atoms with Gasteiger partial charge in [-0.25, -0.2) is 19.7 Å². The minimum Gasteiger partial charge on any atom is -0.477 e. The SMILES string of the molecule is Cc1cn(-c2cc(C(=O)Nc3ccc(C)c(N)c3)cc(C(F)(F)F)c2)cn1.O=C(O)c1cnc(Nc2ccccn2)s1. The molecule has 0 aliphatic carbocycles. The third kappa shape index (κ3) is 7.69. The molecule has 0 atom stereocenters. The molecule has 3 heterocycles. The Kier molecular flexibility index (Phi) is 8.86. The molecule has 5 N–H and O–H groups in total. The highest BCUT2D eigenvalue weighted by molar-refractivity contribution is 7.17. The van der Waals surface area contributed by atoms with Crippen LogP contribution < -0.4 is 16.4 Å². The molecule has 2 aromatic carbocycles. The maximum atomic E-state index is 13.3. The Morgan fingerprint density at radius 3 is 2.40 bits per heavy atom. The van der Waals surface area contributed by atoms with E-state index in [4.69, 9.17) is 10.8 Å². The second-order valence-electron chi connectivity index (χ2n) is 8.89. The van der Waals surface area contributed by atoms with Crippen molar-refractivity contribution in [2.45, 2.75) is 20.0 Å². The average Bonchev–Trinajstić information content (AvgIpc) is 3.60. The van der Waals surface area contributed by atoms with Crippen LogP contribution in [0.15, 0.2) is 79.5 Å². The first-order valence-corrected chi connectivity index (χ1v) is 13.0. The van der Waals surface area contributed by atoms with Crippen molar-refractivity contribution in [2.75, 3.05) is 16.4 Å². The molecule has 1 amide bonds. The number of aromatic carboxylic acids is 1. The van der Waals surface area contributed by atoms with Gasteiger partial charge in [0.25, 0.3) is 5.91 Å². The third-order valence-electron chi connectivity index (χ3n) is 5.67. The van der Waals surface area contributed by atoms with Crippen molar-refractivity contribution in [1.29, 1.82) is 0 Å². The topological polar surface area (TPSA) is 148 Å². The first kappa shape index (κ1) is 29.7. The lowest BCUT2D eigenvalue weighted by molar-refractivity contribution is -0.137. The smallest absolute Gasteiger partial charge is 0.416 e. The number of carboxylic acid groups (broad SMARTS) is 1. The van der Waals surface area contributed by atoms with Gasteiger partial charge >= 0.3 is 12.1 Å². The van der Waals surface area contributed by atoms with E-state index in [1.807, 2.05) is 13.0 Å². The molecule has 0 radical (unpaired) electrons. The number of carboxylic acids is 1. The number of carbonyl (C=O) groups excluding carboxylic acids is 1. The standard InChI is InChI=1S/C19H17F3N4O.C9H7N3O2S/c1-11-3-4-15(8-17(11)23)25-18(27)13-5-14(19(20,21)22)7-16(6-13)26-9-12(2)24-10-26;13-8(14)6-5-11-9(15-6)12-7-3-1-2-4-10-7/h3-10H,23H2,1-2H3,(H,25,27);1-5H,(H,13,14)(H,10,11,12). The van der Waals surface area contributed by atoms with Crippen LogP contribution >= 0.6 is 11.3 Å². The minimum atomic E-state index is -4.59. The van der Waals surface area contributed by atoms with Crippen LogP contribution in [0.1, 0.15) is 36.9 Å². The highest BCUT2D eigenvalue weighted by Gasteiger charge is 2.32. The number of pyridine rings is 1. The molecule has 3 aromatic heterocycles. The van der Waals surface area contributed by atoms with E-state index in [-0.39, 0.29) is 16.1 Å². The van der Waals surface area contributed by atoms with Crippen LogP contribution in [-0.4, -0.2) is 36.5 Å². The fourth-order valence-electron chi connectivity index (χ4n) is 3.52. The summed E-state index contributed by atoms with van der Waals surface area (Å²) in [6.45, 7) is 3.53. The predicted molar refractivity (Wildman–Crippen MR) is 153 cm³/mol. The van der Waals surface area contributed by atoms with E-state index < -0.39 is 23.6 Å². The summed E-state index contributed by atoms with van der Waals surface area (Å²) in [5, 5.41) is 14.7. The van der Waals surface area contributed by atoms with Gasteiger partial charge in [0.1, 0.15) is 10.7 Å². The predicted octanol–water partition coefficient (Wildman–Crippen LogP) is 6.32. The quantitative estimate of drug-likeness (QED) is 0.167. The zero-order chi connectivity index (χ0) is 30.4. The number of rotatable bonds is 6. The Hall–Kier alpha value is -5.24. The van der Waals surface area contributed by atoms with Crippen molar-refractivity contribution in [1.82, 2.24) is 19.5 Å². The number of thiazole rings is 1. The Balaban J connectivity index is 0.000000227. The first-order chi connectivity index (χ1) is 19.9. The molecule has 0 bridgehead atoms. The molecule has 0 saturated carbocycles. The minimum absolute atomic E-state index is 0.120. The summed E-state index contributed by atoms with van der Waals surface area (Å²) in [4.78, 5) is 35.3. The van der Waals surface area contributed by atoms with Crippen LogP contribution in [0, 0.1) is 13.8 Å². The van der Waals surface area contributed by atoms with Crippen molar-refractivity contribution in [3.63, 3.8) is 0 Å². The summed E-state index contributed by atoms with van der Waals surface area (Å²) in [5.74, 6) is -0.993. The van der Waals surface area contributed by atoms with Gasteiger partial charge < -0.3 is 26.0 Å². The van der Waals surface area contributed by atoms with Crippen molar-refractivity contribution in [3.8, 4) is 5.69 Å². The molecule has 10 nitrogen and oxygen atoms in total. The molecule has 42 heavy (non-hydrogen) atoms. The van der Waals surface area contributed by atoms with Gasteiger partial charge in [0, 0.05) is 35.0 Å². The number of hydrogen-bond acceptors (Lipinski definition) is 8. The maximum absolute atomic E-state index is 13.3. The summed E-state index contributed by atoms with van der Waals surface area (Å²) in [6, 6.07) is 13.5. The largest absolute Gasteiger partial charge is 0.477 e. The van der Waals surface area contributed by atoms with Gasteiger partial charge in [0.2, 0.25) is 0 Å². The molecular weight excluding hydrogens is 571 g/mol. The van der Waals surface area contributed by atoms with Gasteiger partial charge in [-0.2, -0.15) is 13.2 Å². The molecule has 0 aliphatic heterocycles. The fraction of sp³-hybridized carbons (Fsp3) is 0.107. The number of carbonyl (C=O) groups is 2. The van der Waals surface area contributed by atoms with Crippen molar-refractivity contribution < 1.29 is 27.9 Å². The number of benzene rings is 2. The molecule has 0 saturated heterocycles. The Labute approximate surface area is 241 Å². The Morgan fingerprint density at radius 2 is 1.81 bits per heavy atom. The van der Waals surface area contributed by atoms with Crippen LogP contribution in [0.25, 0.3) is 5.69 Å². The molecule has 0 fully saturated rings. The number of nitrogen functional groups attached to an aromatic ring is 1. The molecule has 14 heteroatoms. The summed E-state index contributed by atoms with van der Waals surface area (Å²) < 4.78 is 41.3. The van der Waals surface area contributed by atoms with Gasteiger partial charge in [0.05, 0.1) is 23.8 Å². The zero-order valence-corrected chi connectivity index (χ0v) is 23.0. The number of halogens is 3. The van der Waals surface area contributed by atoms with E-state index >= 15 is 0 Å². The molecule has 0 aliphatic rings. The van der Waals surface area contributed by atoms with Crippen molar-refractivity contribution in [3.05, 3.63) is 107 Å². The number of imidazole rings is 1. The van der Waals surface area contributed by atoms with Crippen LogP contribution in [0.5, 0.6) is 0 Å². The van der Waals surface area contributed by atoms with Gasteiger partial charge in [-0.05, 0) is 61.9 Å². The normalized spacial score (nSPS) is 10.9. The summed E-state index contributed by atoms with van der Waals surface area (Å²) >= 11 is 1.07. The second kappa shape index (κ2) is 12.5. The molecule has 5 aromatic rings. The lowest BCUT2D eigenvalue weighted by Gasteiger charge is -2.13. The summed E-state index contributed by atoms with van der Waals surface area (Å²) in [5.41, 5.74) is 7.33. The fourth-order valence-corrected chi connectivity index (χ4v) is 4.18. The highest BCUT2D eigenvalue weighted by Crippen LogP contribution is 2.32. The second-order valence-corrected chi connectivity index (χ2v) is 9.92. The van der Waals surface area contributed by atoms with E-state index in [0.717, 1.165) is 29.0 Å². The van der Waals surface area contributed by atoms with E-state index in [2.05, 4.69) is 25.6 Å². The summed E-state index contributed by atoms with van der Waals surface area (Å²) in [7, 11) is 0. The third-order valence-corrected chi connectivity index (χ3v) is 6.57. The number of nitrogens with two attached hydrogens (primary N) is 1. The zero-order valence-electron chi connectivity index (χ0n) is 22.2. The van der Waals surface area contributed by atoms with Crippen LogP contribution in [0.4, 0.5) is 35.5 Å². The van der Waals surface area contributed by atoms with Crippen LogP contribution in [-0.2, 0) is 6.18 Å². The Morgan fingerprint density at radius 1 is 1.02 bits per heavy atom. The monoisotopic (exact) mass is 595 g/mol. The summed E-state index contributed by atoms with van der Waals surface area (Å²) in [6.07, 6.45) is 1.35. The number of alkyl halides is 3.